The molecule has 0 saturated heterocycles. The predicted octanol–water partition coefficient (Wildman–Crippen LogP) is 15.1. The summed E-state index contributed by atoms with van der Waals surface area (Å²) in [6, 6.07) is 74.0. The highest BCUT2D eigenvalue weighted by atomic mass is 16.3. The summed E-state index contributed by atoms with van der Waals surface area (Å²) >= 11 is 0. The first-order chi connectivity index (χ1) is 34.2. The summed E-state index contributed by atoms with van der Waals surface area (Å²) in [6.45, 7) is 0. The van der Waals surface area contributed by atoms with Gasteiger partial charge in [-0.2, -0.15) is 0 Å². The van der Waals surface area contributed by atoms with Crippen molar-refractivity contribution >= 4 is 65.6 Å². The molecule has 8 aromatic carbocycles. The van der Waals surface area contributed by atoms with Crippen LogP contribution < -0.4 is 0 Å². The van der Waals surface area contributed by atoms with Gasteiger partial charge in [0.2, 0.25) is 0 Å². The minimum absolute atomic E-state index is 0.465. The van der Waals surface area contributed by atoms with Crippen molar-refractivity contribution in [3.8, 4) is 68.1 Å². The fraction of sp³-hybridized carbons (Fsp3) is 0. The Morgan fingerprint density at radius 1 is 0.333 bits per heavy atom. The van der Waals surface area contributed by atoms with Crippen molar-refractivity contribution in [1.82, 2.24) is 34.1 Å². The minimum Gasteiger partial charge on any atom is -0.455 e. The van der Waals surface area contributed by atoms with Crippen molar-refractivity contribution in [2.45, 2.75) is 0 Å². The molecule has 0 bridgehead atoms. The van der Waals surface area contributed by atoms with Gasteiger partial charge in [0.15, 0.2) is 17.5 Å². The highest BCUT2D eigenvalue weighted by Gasteiger charge is 2.26. The Balaban J connectivity index is 1.08. The molecule has 6 aromatic heterocycles. The van der Waals surface area contributed by atoms with Gasteiger partial charge >= 0.3 is 0 Å². The standard InChI is InChI=1S/C61H37N7O/c1-4-18-38(19-5-1)46-36-40(59-64-60(48-26-14-16-34-62-48)66-61(65-59)49-27-15-17-35-63-49)37-47(39-20-6-2-7-21-39)56(46)68-51-29-13-11-25-45(51)55-53(68)33-31-43-42-30-32-52-54(57(42)69-58(43)55)44-24-10-12-28-50(44)67(52)41-22-8-3-9-23-41/h1-37H. The van der Waals surface area contributed by atoms with Crippen LogP contribution in [0.15, 0.2) is 229 Å². The van der Waals surface area contributed by atoms with E-state index in [0.29, 0.717) is 28.9 Å². The summed E-state index contributed by atoms with van der Waals surface area (Å²) in [5, 5.41) is 6.56. The molecule has 0 spiro atoms. The van der Waals surface area contributed by atoms with Crippen LogP contribution in [0, 0.1) is 0 Å². The zero-order chi connectivity index (χ0) is 45.4. The molecule has 14 aromatic rings. The lowest BCUT2D eigenvalue weighted by Gasteiger charge is -2.21. The van der Waals surface area contributed by atoms with Crippen LogP contribution in [0.5, 0.6) is 0 Å². The van der Waals surface area contributed by atoms with Gasteiger partial charge in [-0.25, -0.2) is 15.0 Å². The van der Waals surface area contributed by atoms with Crippen LogP contribution >= 0.6 is 0 Å². The van der Waals surface area contributed by atoms with E-state index in [9.17, 15) is 0 Å². The number of hydrogen-bond acceptors (Lipinski definition) is 6. The van der Waals surface area contributed by atoms with E-state index < -0.39 is 0 Å². The van der Waals surface area contributed by atoms with Gasteiger partial charge < -0.3 is 13.6 Å². The normalized spacial score (nSPS) is 11.8. The van der Waals surface area contributed by atoms with Crippen LogP contribution in [0.25, 0.3) is 134 Å². The first-order valence-corrected chi connectivity index (χ1v) is 23.0. The smallest absolute Gasteiger partial charge is 0.182 e. The molecule has 0 aliphatic carbocycles. The van der Waals surface area contributed by atoms with E-state index in [4.69, 9.17) is 19.4 Å². The van der Waals surface area contributed by atoms with E-state index in [1.54, 1.807) is 12.4 Å². The van der Waals surface area contributed by atoms with E-state index in [1.807, 2.05) is 36.4 Å². The van der Waals surface area contributed by atoms with E-state index >= 15 is 0 Å². The van der Waals surface area contributed by atoms with Crippen LogP contribution in [0.1, 0.15) is 0 Å². The molecule has 322 valence electrons. The molecule has 8 heteroatoms. The van der Waals surface area contributed by atoms with Crippen LogP contribution in [0.4, 0.5) is 0 Å². The third kappa shape index (κ3) is 6.13. The van der Waals surface area contributed by atoms with E-state index in [1.165, 1.54) is 0 Å². The number of nitrogens with zero attached hydrogens (tertiary/aromatic N) is 7. The van der Waals surface area contributed by atoms with Crippen molar-refractivity contribution in [3.05, 3.63) is 225 Å². The molecule has 0 aliphatic heterocycles. The number of hydrogen-bond donors (Lipinski definition) is 0. The van der Waals surface area contributed by atoms with Gasteiger partial charge in [-0.05, 0) is 96.1 Å². The second kappa shape index (κ2) is 15.5. The molecule has 8 nitrogen and oxygen atoms in total. The van der Waals surface area contributed by atoms with Crippen LogP contribution in [0.3, 0.4) is 0 Å². The Kier molecular flexibility index (Phi) is 8.72. The van der Waals surface area contributed by atoms with Crippen molar-refractivity contribution in [3.63, 3.8) is 0 Å². The predicted molar refractivity (Wildman–Crippen MR) is 279 cm³/mol. The molecular weight excluding hydrogens is 847 g/mol. The lowest BCUT2D eigenvalue weighted by Crippen LogP contribution is -2.04. The maximum absolute atomic E-state index is 7.34. The molecule has 0 N–H and O–H groups in total. The molecule has 0 fully saturated rings. The third-order valence-electron chi connectivity index (χ3n) is 13.3. The molecule has 69 heavy (non-hydrogen) atoms. The number of furan rings is 1. The molecule has 0 atom stereocenters. The first-order valence-electron chi connectivity index (χ1n) is 23.0. The monoisotopic (exact) mass is 883 g/mol. The fourth-order valence-corrected chi connectivity index (χ4v) is 10.3. The zero-order valence-electron chi connectivity index (χ0n) is 36.9. The SMILES string of the molecule is c1ccc(-c2cc(-c3nc(-c4ccccn4)nc(-c4ccccn4)n3)cc(-c3ccccc3)c2-n2c3ccccc3c3c4oc5c(ccc6c5c5ccccc5n6-c5ccccc5)c4ccc32)cc1. The quantitative estimate of drug-likeness (QED) is 0.158. The molecule has 0 unspecified atom stereocenters. The van der Waals surface area contributed by atoms with Gasteiger partial charge in [-0.1, -0.05) is 127 Å². The largest absolute Gasteiger partial charge is 0.455 e. The number of para-hydroxylation sites is 3. The van der Waals surface area contributed by atoms with Gasteiger partial charge in [0.1, 0.15) is 22.6 Å². The molecule has 0 radical (unpaired) electrons. The minimum atomic E-state index is 0.465. The third-order valence-corrected chi connectivity index (χ3v) is 13.3. The Morgan fingerprint density at radius 3 is 1.30 bits per heavy atom. The Hall–Kier alpha value is -9.53. The van der Waals surface area contributed by atoms with Crippen LogP contribution in [-0.4, -0.2) is 34.1 Å². The van der Waals surface area contributed by atoms with Gasteiger partial charge in [0, 0.05) is 56.3 Å². The van der Waals surface area contributed by atoms with E-state index in [0.717, 1.165) is 105 Å². The summed E-state index contributed by atoms with van der Waals surface area (Å²) in [5.74, 6) is 1.44. The van der Waals surface area contributed by atoms with Gasteiger partial charge in [-0.15, -0.1) is 0 Å². The summed E-state index contributed by atoms with van der Waals surface area (Å²) in [7, 11) is 0. The lowest BCUT2D eigenvalue weighted by molar-refractivity contribution is 0.677. The number of aromatic nitrogens is 7. The number of pyridine rings is 2. The molecule has 0 amide bonds. The molecule has 14 rings (SSSR count). The fourth-order valence-electron chi connectivity index (χ4n) is 10.3. The molecule has 0 aliphatic rings. The maximum atomic E-state index is 7.34. The topological polar surface area (TPSA) is 87.4 Å². The average molecular weight is 884 g/mol. The zero-order valence-corrected chi connectivity index (χ0v) is 36.9. The van der Waals surface area contributed by atoms with E-state index in [-0.39, 0.29) is 0 Å². The number of benzene rings is 8. The van der Waals surface area contributed by atoms with Gasteiger partial charge in [0.25, 0.3) is 0 Å². The maximum Gasteiger partial charge on any atom is 0.182 e. The second-order valence-electron chi connectivity index (χ2n) is 17.2. The highest BCUT2D eigenvalue weighted by Crippen LogP contribution is 2.48. The van der Waals surface area contributed by atoms with E-state index in [2.05, 4.69) is 195 Å². The second-order valence-corrected chi connectivity index (χ2v) is 17.2. The van der Waals surface area contributed by atoms with Crippen molar-refractivity contribution < 1.29 is 4.42 Å². The first kappa shape index (κ1) is 38.7. The Labute approximate surface area is 395 Å². The summed E-state index contributed by atoms with van der Waals surface area (Å²) in [6.07, 6.45) is 3.51. The number of rotatable bonds is 7. The van der Waals surface area contributed by atoms with Crippen LogP contribution in [0.2, 0.25) is 0 Å². The molecule has 6 heterocycles. The van der Waals surface area contributed by atoms with Crippen molar-refractivity contribution in [2.24, 2.45) is 0 Å². The summed E-state index contributed by atoms with van der Waals surface area (Å²) < 4.78 is 12.1. The van der Waals surface area contributed by atoms with Gasteiger partial charge in [0.05, 0.1) is 38.5 Å². The summed E-state index contributed by atoms with van der Waals surface area (Å²) in [4.78, 5) is 24.5. The molecule has 0 saturated carbocycles. The number of fused-ring (bicyclic) bond motifs is 11. The highest BCUT2D eigenvalue weighted by molar-refractivity contribution is 6.29. The average Bonchev–Trinajstić information content (AvgIpc) is 4.09. The lowest BCUT2D eigenvalue weighted by atomic mass is 9.92. The molecular formula is C61H37N7O. The Bertz CT molecular complexity index is 4160. The Morgan fingerprint density at radius 2 is 0.783 bits per heavy atom. The van der Waals surface area contributed by atoms with Gasteiger partial charge in [-0.3, -0.25) is 9.97 Å². The summed E-state index contributed by atoms with van der Waals surface area (Å²) in [5.41, 5.74) is 14.4. The van der Waals surface area contributed by atoms with Crippen LogP contribution in [-0.2, 0) is 0 Å². The van der Waals surface area contributed by atoms with Crippen molar-refractivity contribution in [2.75, 3.05) is 0 Å². The van der Waals surface area contributed by atoms with Crippen molar-refractivity contribution in [1.29, 1.82) is 0 Å².